The van der Waals surface area contributed by atoms with Crippen molar-refractivity contribution in [3.8, 4) is 11.3 Å². The second-order valence-electron chi connectivity index (χ2n) is 9.59. The van der Waals surface area contributed by atoms with Crippen molar-refractivity contribution in [2.45, 2.75) is 69.0 Å². The summed E-state index contributed by atoms with van der Waals surface area (Å²) in [6, 6.07) is 15.9. The predicted octanol–water partition coefficient (Wildman–Crippen LogP) is 6.57. The van der Waals surface area contributed by atoms with Crippen LogP contribution < -0.4 is 10.9 Å². The van der Waals surface area contributed by atoms with Crippen molar-refractivity contribution < 1.29 is 4.79 Å². The van der Waals surface area contributed by atoms with Crippen LogP contribution in [0.2, 0.25) is 0 Å². The average molecular weight is 553 g/mol. The highest BCUT2D eigenvalue weighted by Gasteiger charge is 2.43. The zero-order valence-corrected chi connectivity index (χ0v) is 22.4. The van der Waals surface area contributed by atoms with Gasteiger partial charge in [-0.3, -0.25) is 14.2 Å². The lowest BCUT2D eigenvalue weighted by Crippen LogP contribution is -2.43. The first-order valence-electron chi connectivity index (χ1n) is 12.4. The molecule has 1 aromatic heterocycles. The Kier molecular flexibility index (Phi) is 7.17. The average Bonchev–Trinajstić information content (AvgIpc) is 2.86. The summed E-state index contributed by atoms with van der Waals surface area (Å²) >= 11 is 4.76. The van der Waals surface area contributed by atoms with Gasteiger partial charge in [-0.25, -0.2) is 4.98 Å². The molecule has 0 saturated heterocycles. The number of carbonyl (C=O) groups is 1. The van der Waals surface area contributed by atoms with Crippen molar-refractivity contribution in [2.75, 3.05) is 11.1 Å². The fourth-order valence-electron chi connectivity index (χ4n) is 5.61. The molecule has 2 aromatic carbocycles. The maximum absolute atomic E-state index is 14.1. The summed E-state index contributed by atoms with van der Waals surface area (Å²) in [5.74, 6) is 0.0779. The van der Waals surface area contributed by atoms with Gasteiger partial charge in [-0.05, 0) is 55.5 Å². The molecule has 1 fully saturated rings. The number of nitrogens with zero attached hydrogens (tertiary/aromatic N) is 2. The van der Waals surface area contributed by atoms with Crippen molar-refractivity contribution in [2.24, 2.45) is 0 Å². The number of halogens is 1. The largest absolute Gasteiger partial charge is 0.325 e. The number of hydrogen-bond donors (Lipinski definition) is 1. The van der Waals surface area contributed by atoms with Crippen molar-refractivity contribution in [1.82, 2.24) is 9.55 Å². The summed E-state index contributed by atoms with van der Waals surface area (Å²) in [5.41, 5.74) is 4.81. The highest BCUT2D eigenvalue weighted by molar-refractivity contribution is 9.10. The van der Waals surface area contributed by atoms with Crippen LogP contribution in [0.5, 0.6) is 0 Å². The number of nitrogens with one attached hydrogen (secondary N) is 1. The Morgan fingerprint density at radius 3 is 2.60 bits per heavy atom. The third-order valence-electron chi connectivity index (χ3n) is 7.18. The van der Waals surface area contributed by atoms with Crippen LogP contribution in [0.25, 0.3) is 11.3 Å². The molecule has 182 valence electrons. The van der Waals surface area contributed by atoms with Crippen LogP contribution in [0.1, 0.15) is 56.6 Å². The van der Waals surface area contributed by atoms with Gasteiger partial charge in [0.1, 0.15) is 0 Å². The monoisotopic (exact) mass is 551 g/mol. The van der Waals surface area contributed by atoms with Crippen molar-refractivity contribution in [3.63, 3.8) is 0 Å². The summed E-state index contributed by atoms with van der Waals surface area (Å²) in [7, 11) is 0. The molecule has 0 aliphatic heterocycles. The van der Waals surface area contributed by atoms with E-state index in [1.54, 1.807) is 0 Å². The highest BCUT2D eigenvalue weighted by atomic mass is 79.9. The predicted molar refractivity (Wildman–Crippen MR) is 146 cm³/mol. The van der Waals surface area contributed by atoms with E-state index in [2.05, 4.69) is 46.4 Å². The molecule has 0 atom stereocenters. The summed E-state index contributed by atoms with van der Waals surface area (Å²) in [5, 5.41) is 3.56. The Balaban J connectivity index is 1.52. The van der Waals surface area contributed by atoms with Crippen LogP contribution in [0, 0.1) is 0 Å². The van der Waals surface area contributed by atoms with Gasteiger partial charge in [-0.15, -0.1) is 0 Å². The lowest BCUT2D eigenvalue weighted by molar-refractivity contribution is -0.113. The van der Waals surface area contributed by atoms with Gasteiger partial charge < -0.3 is 5.32 Å². The number of rotatable bonds is 6. The molecule has 2 aliphatic carbocycles. The molecule has 1 amide bonds. The van der Waals surface area contributed by atoms with Crippen LogP contribution in [-0.2, 0) is 23.2 Å². The molecule has 35 heavy (non-hydrogen) atoms. The fraction of sp³-hybridized carbons (Fsp3) is 0.393. The van der Waals surface area contributed by atoms with E-state index < -0.39 is 0 Å². The number of carbonyl (C=O) groups excluding carboxylic acids is 1. The van der Waals surface area contributed by atoms with E-state index in [0.717, 1.165) is 65.5 Å². The second-order valence-corrected chi connectivity index (χ2v) is 11.5. The van der Waals surface area contributed by atoms with Gasteiger partial charge in [-0.2, -0.15) is 0 Å². The van der Waals surface area contributed by atoms with Gasteiger partial charge in [0, 0.05) is 27.7 Å². The van der Waals surface area contributed by atoms with Gasteiger partial charge in [0.25, 0.3) is 5.56 Å². The minimum atomic E-state index is -0.121. The van der Waals surface area contributed by atoms with E-state index in [4.69, 9.17) is 4.98 Å². The van der Waals surface area contributed by atoms with Gasteiger partial charge in [0.15, 0.2) is 5.16 Å². The summed E-state index contributed by atoms with van der Waals surface area (Å²) in [6.45, 7) is 2.68. The quantitative estimate of drug-likeness (QED) is 0.278. The minimum absolute atomic E-state index is 0.0871. The molecule has 1 N–H and O–H groups in total. The van der Waals surface area contributed by atoms with E-state index in [-0.39, 0.29) is 22.6 Å². The fourth-order valence-corrected chi connectivity index (χ4v) is 6.70. The standard InChI is InChI=1S/C28H30BrN3O2S/c1-2-16-32-26(34)24-25(22-9-5-4-8-19(22)17-28(24)14-6-3-7-15-28)31-27(32)35-18-23(33)30-21-12-10-20(29)11-13-21/h4-5,8-13H,2-3,6-7,14-18H2,1H3,(H,30,33). The number of benzene rings is 2. The molecule has 0 radical (unpaired) electrons. The van der Waals surface area contributed by atoms with Crippen molar-refractivity contribution >= 4 is 39.3 Å². The first-order valence-corrected chi connectivity index (χ1v) is 14.2. The Morgan fingerprint density at radius 2 is 1.86 bits per heavy atom. The van der Waals surface area contributed by atoms with Crippen LogP contribution in [0.15, 0.2) is 63.0 Å². The van der Waals surface area contributed by atoms with E-state index in [1.165, 1.54) is 23.7 Å². The molecular formula is C28H30BrN3O2S. The molecule has 5 nitrogen and oxygen atoms in total. The summed E-state index contributed by atoms with van der Waals surface area (Å²) in [4.78, 5) is 31.9. The maximum atomic E-state index is 14.1. The molecule has 3 aromatic rings. The Hall–Kier alpha value is -2.38. The molecule has 7 heteroatoms. The number of amides is 1. The number of fused-ring (bicyclic) bond motifs is 4. The molecule has 1 saturated carbocycles. The van der Waals surface area contributed by atoms with Crippen LogP contribution in [0.4, 0.5) is 5.69 Å². The normalized spacial score (nSPS) is 15.9. The number of hydrogen-bond acceptors (Lipinski definition) is 4. The first-order chi connectivity index (χ1) is 17.0. The number of thioether (sulfide) groups is 1. The third kappa shape index (κ3) is 4.85. The molecule has 1 heterocycles. The van der Waals surface area contributed by atoms with E-state index in [9.17, 15) is 9.59 Å². The van der Waals surface area contributed by atoms with Crippen LogP contribution in [0.3, 0.4) is 0 Å². The van der Waals surface area contributed by atoms with E-state index in [1.807, 2.05) is 34.9 Å². The minimum Gasteiger partial charge on any atom is -0.325 e. The smallest absolute Gasteiger partial charge is 0.258 e. The zero-order chi connectivity index (χ0) is 24.4. The summed E-state index contributed by atoms with van der Waals surface area (Å²) in [6.07, 6.45) is 7.38. The third-order valence-corrected chi connectivity index (χ3v) is 8.69. The highest BCUT2D eigenvalue weighted by Crippen LogP contribution is 2.48. The van der Waals surface area contributed by atoms with Gasteiger partial charge in [0.05, 0.1) is 17.0 Å². The van der Waals surface area contributed by atoms with Crippen LogP contribution in [-0.4, -0.2) is 21.2 Å². The van der Waals surface area contributed by atoms with Gasteiger partial charge >= 0.3 is 0 Å². The number of anilines is 1. The zero-order valence-electron chi connectivity index (χ0n) is 20.0. The Bertz CT molecular complexity index is 1300. The topological polar surface area (TPSA) is 64.0 Å². The lowest BCUT2D eigenvalue weighted by Gasteiger charge is -2.42. The van der Waals surface area contributed by atoms with E-state index >= 15 is 0 Å². The molecule has 2 aliphatic rings. The van der Waals surface area contributed by atoms with Crippen LogP contribution >= 0.6 is 27.7 Å². The SMILES string of the molecule is CCCn1c(SCC(=O)Nc2ccc(Br)cc2)nc2c(c1=O)C1(CCCCC1)Cc1ccccc1-2. The van der Waals surface area contributed by atoms with Crippen molar-refractivity contribution in [3.05, 3.63) is 74.5 Å². The van der Waals surface area contributed by atoms with Gasteiger partial charge in [0.2, 0.25) is 5.91 Å². The molecule has 0 bridgehead atoms. The van der Waals surface area contributed by atoms with E-state index in [0.29, 0.717) is 11.7 Å². The second kappa shape index (κ2) is 10.3. The lowest BCUT2D eigenvalue weighted by atomic mass is 9.62. The molecule has 1 spiro atoms. The molecule has 5 rings (SSSR count). The first kappa shape index (κ1) is 24.3. The van der Waals surface area contributed by atoms with Gasteiger partial charge in [-0.1, -0.05) is 78.1 Å². The molecule has 0 unspecified atom stereocenters. The Labute approximate surface area is 218 Å². The molecular weight excluding hydrogens is 522 g/mol. The maximum Gasteiger partial charge on any atom is 0.258 e. The summed E-state index contributed by atoms with van der Waals surface area (Å²) < 4.78 is 2.78. The number of aromatic nitrogens is 2. The Morgan fingerprint density at radius 1 is 1.11 bits per heavy atom. The van der Waals surface area contributed by atoms with Crippen molar-refractivity contribution in [1.29, 1.82) is 0 Å².